The van der Waals surface area contributed by atoms with Gasteiger partial charge in [-0.15, -0.1) is 6.58 Å². The standard InChI is InChI=1S/C10H18N2O3/c1-4-5-15-10(6-11-8(2)13)7-12-9(3)14/h4,10H,1,5-7H2,2-3H3,(H,11,13)(H,12,14). The monoisotopic (exact) mass is 214 g/mol. The highest BCUT2D eigenvalue weighted by molar-refractivity contribution is 5.73. The smallest absolute Gasteiger partial charge is 0.216 e. The van der Waals surface area contributed by atoms with E-state index in [9.17, 15) is 9.59 Å². The van der Waals surface area contributed by atoms with Crippen LogP contribution in [0.3, 0.4) is 0 Å². The van der Waals surface area contributed by atoms with Crippen LogP contribution in [0.2, 0.25) is 0 Å². The third kappa shape index (κ3) is 8.96. The van der Waals surface area contributed by atoms with Gasteiger partial charge in [-0.2, -0.15) is 0 Å². The molecule has 0 saturated heterocycles. The van der Waals surface area contributed by atoms with Crippen molar-refractivity contribution >= 4 is 11.8 Å². The van der Waals surface area contributed by atoms with Gasteiger partial charge in [0.25, 0.3) is 0 Å². The second-order valence-corrected chi connectivity index (χ2v) is 3.12. The topological polar surface area (TPSA) is 67.4 Å². The molecule has 0 aromatic heterocycles. The number of hydrogen-bond donors (Lipinski definition) is 2. The van der Waals surface area contributed by atoms with Crippen LogP contribution in [0.15, 0.2) is 12.7 Å². The molecule has 2 N–H and O–H groups in total. The zero-order valence-corrected chi connectivity index (χ0v) is 9.21. The molecule has 0 aromatic carbocycles. The van der Waals surface area contributed by atoms with Crippen molar-refractivity contribution in [1.82, 2.24) is 10.6 Å². The van der Waals surface area contributed by atoms with Gasteiger partial charge in [0.05, 0.1) is 12.7 Å². The number of nitrogens with one attached hydrogen (secondary N) is 2. The summed E-state index contributed by atoms with van der Waals surface area (Å²) < 4.78 is 5.34. The Morgan fingerprint density at radius 2 is 1.73 bits per heavy atom. The molecule has 0 rings (SSSR count). The first-order chi connectivity index (χ1) is 7.06. The van der Waals surface area contributed by atoms with Gasteiger partial charge in [0.15, 0.2) is 0 Å². The Kier molecular flexibility index (Phi) is 7.27. The number of rotatable bonds is 7. The molecule has 0 saturated carbocycles. The van der Waals surface area contributed by atoms with E-state index in [1.165, 1.54) is 13.8 Å². The largest absolute Gasteiger partial charge is 0.371 e. The molecule has 0 aliphatic carbocycles. The Hall–Kier alpha value is -1.36. The van der Waals surface area contributed by atoms with Crippen LogP contribution >= 0.6 is 0 Å². The van der Waals surface area contributed by atoms with Gasteiger partial charge in [-0.1, -0.05) is 6.08 Å². The van der Waals surface area contributed by atoms with Gasteiger partial charge in [-0.3, -0.25) is 9.59 Å². The van der Waals surface area contributed by atoms with Crippen molar-refractivity contribution in [2.45, 2.75) is 20.0 Å². The molecule has 0 unspecified atom stereocenters. The minimum atomic E-state index is -0.226. The predicted octanol–water partition coefficient (Wildman–Crippen LogP) is -0.170. The third-order valence-electron chi connectivity index (χ3n) is 1.61. The van der Waals surface area contributed by atoms with E-state index in [0.717, 1.165) is 0 Å². The van der Waals surface area contributed by atoms with E-state index < -0.39 is 0 Å². The summed E-state index contributed by atoms with van der Waals surface area (Å²) in [7, 11) is 0. The second kappa shape index (κ2) is 7.99. The number of carbonyl (C=O) groups is 2. The van der Waals surface area contributed by atoms with Crippen molar-refractivity contribution in [2.24, 2.45) is 0 Å². The van der Waals surface area contributed by atoms with Crippen LogP contribution < -0.4 is 10.6 Å². The van der Waals surface area contributed by atoms with Crippen molar-refractivity contribution in [3.63, 3.8) is 0 Å². The summed E-state index contributed by atoms with van der Waals surface area (Å²) in [5, 5.41) is 5.26. The molecular weight excluding hydrogens is 196 g/mol. The zero-order valence-electron chi connectivity index (χ0n) is 9.21. The first kappa shape index (κ1) is 13.6. The molecule has 2 amide bonds. The van der Waals surface area contributed by atoms with Gasteiger partial charge in [0, 0.05) is 26.9 Å². The van der Waals surface area contributed by atoms with E-state index >= 15 is 0 Å². The molecule has 0 bridgehead atoms. The molecule has 0 radical (unpaired) electrons. The SMILES string of the molecule is C=CCOC(CNC(C)=O)CNC(C)=O. The maximum atomic E-state index is 10.7. The summed E-state index contributed by atoms with van der Waals surface area (Å²) in [5.41, 5.74) is 0. The molecule has 0 spiro atoms. The molecule has 86 valence electrons. The minimum absolute atomic E-state index is 0.120. The van der Waals surface area contributed by atoms with Gasteiger partial charge in [0.2, 0.25) is 11.8 Å². The summed E-state index contributed by atoms with van der Waals surface area (Å²) in [5.74, 6) is -0.241. The molecule has 0 aliphatic heterocycles. The first-order valence-corrected chi connectivity index (χ1v) is 4.77. The van der Waals surface area contributed by atoms with Gasteiger partial charge < -0.3 is 15.4 Å². The van der Waals surface area contributed by atoms with Crippen LogP contribution in [0, 0.1) is 0 Å². The Balaban J connectivity index is 3.87. The molecule has 0 atom stereocenters. The van der Waals surface area contributed by atoms with Crippen LogP contribution in [0.5, 0.6) is 0 Å². The quantitative estimate of drug-likeness (QED) is 0.578. The maximum Gasteiger partial charge on any atom is 0.216 e. The third-order valence-corrected chi connectivity index (χ3v) is 1.61. The fourth-order valence-corrected chi connectivity index (χ4v) is 0.909. The number of carbonyl (C=O) groups excluding carboxylic acids is 2. The Morgan fingerprint density at radius 1 is 1.27 bits per heavy atom. The fraction of sp³-hybridized carbons (Fsp3) is 0.600. The van der Waals surface area contributed by atoms with E-state index in [-0.39, 0.29) is 17.9 Å². The lowest BCUT2D eigenvalue weighted by atomic mass is 10.3. The van der Waals surface area contributed by atoms with Crippen LogP contribution in [0.25, 0.3) is 0 Å². The van der Waals surface area contributed by atoms with Crippen LogP contribution in [-0.4, -0.2) is 37.6 Å². The molecule has 0 fully saturated rings. The van der Waals surface area contributed by atoms with Crippen molar-refractivity contribution < 1.29 is 14.3 Å². The summed E-state index contributed by atoms with van der Waals surface area (Å²) in [6.45, 7) is 7.54. The summed E-state index contributed by atoms with van der Waals surface area (Å²) >= 11 is 0. The molecule has 15 heavy (non-hydrogen) atoms. The Labute approximate surface area is 89.9 Å². The molecule has 0 heterocycles. The van der Waals surface area contributed by atoms with Gasteiger partial charge in [-0.05, 0) is 0 Å². The van der Waals surface area contributed by atoms with E-state index in [0.29, 0.717) is 19.7 Å². The van der Waals surface area contributed by atoms with Crippen LogP contribution in [-0.2, 0) is 14.3 Å². The highest BCUT2D eigenvalue weighted by Gasteiger charge is 2.09. The average Bonchev–Trinajstić information content (AvgIpc) is 2.16. The molecule has 5 nitrogen and oxygen atoms in total. The van der Waals surface area contributed by atoms with Gasteiger partial charge in [0.1, 0.15) is 0 Å². The number of amides is 2. The van der Waals surface area contributed by atoms with E-state index in [1.807, 2.05) is 0 Å². The highest BCUT2D eigenvalue weighted by atomic mass is 16.5. The maximum absolute atomic E-state index is 10.7. The number of ether oxygens (including phenoxy) is 1. The first-order valence-electron chi connectivity index (χ1n) is 4.77. The molecule has 0 aromatic rings. The van der Waals surface area contributed by atoms with Crippen molar-refractivity contribution in [3.8, 4) is 0 Å². The second-order valence-electron chi connectivity index (χ2n) is 3.12. The van der Waals surface area contributed by atoms with Gasteiger partial charge in [-0.25, -0.2) is 0 Å². The average molecular weight is 214 g/mol. The molecule has 5 heteroatoms. The molecule has 0 aliphatic rings. The van der Waals surface area contributed by atoms with Crippen LogP contribution in [0.4, 0.5) is 0 Å². The lowest BCUT2D eigenvalue weighted by molar-refractivity contribution is -0.119. The van der Waals surface area contributed by atoms with Crippen molar-refractivity contribution in [3.05, 3.63) is 12.7 Å². The minimum Gasteiger partial charge on any atom is -0.371 e. The summed E-state index contributed by atoms with van der Waals surface area (Å²) in [6, 6.07) is 0. The summed E-state index contributed by atoms with van der Waals surface area (Å²) in [4.78, 5) is 21.4. The normalized spacial score (nSPS) is 9.80. The lowest BCUT2D eigenvalue weighted by Gasteiger charge is -2.17. The predicted molar refractivity (Wildman–Crippen MR) is 57.3 cm³/mol. The fourth-order valence-electron chi connectivity index (χ4n) is 0.909. The zero-order chi connectivity index (χ0) is 11.7. The Bertz CT molecular complexity index is 211. The molecular formula is C10H18N2O3. The highest BCUT2D eigenvalue weighted by Crippen LogP contribution is 1.90. The van der Waals surface area contributed by atoms with Crippen LogP contribution in [0.1, 0.15) is 13.8 Å². The van der Waals surface area contributed by atoms with Crippen molar-refractivity contribution in [1.29, 1.82) is 0 Å². The lowest BCUT2D eigenvalue weighted by Crippen LogP contribution is -2.40. The van der Waals surface area contributed by atoms with Gasteiger partial charge >= 0.3 is 0 Å². The van der Waals surface area contributed by atoms with E-state index in [2.05, 4.69) is 17.2 Å². The number of hydrogen-bond acceptors (Lipinski definition) is 3. The summed E-state index contributed by atoms with van der Waals surface area (Å²) in [6.07, 6.45) is 1.39. The Morgan fingerprint density at radius 3 is 2.07 bits per heavy atom. The van der Waals surface area contributed by atoms with E-state index in [4.69, 9.17) is 4.74 Å². The van der Waals surface area contributed by atoms with E-state index in [1.54, 1.807) is 6.08 Å². The van der Waals surface area contributed by atoms with Crippen molar-refractivity contribution in [2.75, 3.05) is 19.7 Å².